The van der Waals surface area contributed by atoms with E-state index in [2.05, 4.69) is 23.8 Å². The molecule has 82 valence electrons. The van der Waals surface area contributed by atoms with E-state index in [1.165, 1.54) is 12.5 Å². The van der Waals surface area contributed by atoms with Crippen LogP contribution >= 0.6 is 11.6 Å². The summed E-state index contributed by atoms with van der Waals surface area (Å²) in [6.07, 6.45) is 0. The van der Waals surface area contributed by atoms with Gasteiger partial charge in [-0.25, -0.2) is 0 Å². The fourth-order valence-corrected chi connectivity index (χ4v) is 0.747. The molecular formula is C11H13ClO3. The minimum Gasteiger partial charge on any atom is -0.456 e. The first-order valence-corrected chi connectivity index (χ1v) is 4.73. The van der Waals surface area contributed by atoms with Gasteiger partial charge < -0.3 is 4.74 Å². The number of halogens is 1. The van der Waals surface area contributed by atoms with Gasteiger partial charge in [0, 0.05) is 6.92 Å². The van der Waals surface area contributed by atoms with Gasteiger partial charge in [0.2, 0.25) is 0 Å². The fourth-order valence-electron chi connectivity index (χ4n) is 0.693. The van der Waals surface area contributed by atoms with E-state index in [1.807, 2.05) is 18.2 Å². The lowest BCUT2D eigenvalue weighted by atomic mass is 10.2. The topological polar surface area (TPSA) is 43.4 Å². The van der Waals surface area contributed by atoms with E-state index in [9.17, 15) is 9.59 Å². The molecule has 0 bridgehead atoms. The van der Waals surface area contributed by atoms with Crippen LogP contribution in [0.1, 0.15) is 12.5 Å². The fraction of sp³-hybridized carbons (Fsp3) is 0.273. The molecule has 1 rings (SSSR count). The molecule has 0 aliphatic heterocycles. The second-order valence-electron chi connectivity index (χ2n) is 2.79. The summed E-state index contributed by atoms with van der Waals surface area (Å²) in [6.45, 7) is 2.96. The Morgan fingerprint density at radius 3 is 2.00 bits per heavy atom. The van der Waals surface area contributed by atoms with E-state index < -0.39 is 11.2 Å². The molecule has 0 spiro atoms. The van der Waals surface area contributed by atoms with E-state index in [0.29, 0.717) is 0 Å². The first-order valence-electron chi connectivity index (χ1n) is 4.35. The summed E-state index contributed by atoms with van der Waals surface area (Å²) >= 11 is 4.81. The molecule has 3 nitrogen and oxygen atoms in total. The minimum atomic E-state index is -0.666. The van der Waals surface area contributed by atoms with Gasteiger partial charge in [-0.05, 0) is 18.5 Å². The van der Waals surface area contributed by atoms with Crippen molar-refractivity contribution in [2.75, 3.05) is 6.61 Å². The van der Waals surface area contributed by atoms with Crippen LogP contribution in [0.15, 0.2) is 30.3 Å². The molecule has 1 aromatic carbocycles. The van der Waals surface area contributed by atoms with Gasteiger partial charge in [0.05, 0.1) is 0 Å². The lowest BCUT2D eigenvalue weighted by Gasteiger charge is -1.92. The van der Waals surface area contributed by atoms with Crippen LogP contribution in [0.5, 0.6) is 0 Å². The van der Waals surface area contributed by atoms with Gasteiger partial charge in [-0.15, -0.1) is 0 Å². The normalized spacial score (nSPS) is 8.47. The first-order chi connectivity index (χ1) is 7.02. The molecule has 4 heteroatoms. The van der Waals surface area contributed by atoms with Crippen molar-refractivity contribution >= 4 is 22.8 Å². The maximum Gasteiger partial charge on any atom is 0.303 e. The molecule has 0 fully saturated rings. The number of carbonyl (C=O) groups excluding carboxylic acids is 2. The van der Waals surface area contributed by atoms with Crippen molar-refractivity contribution < 1.29 is 14.3 Å². The average Bonchev–Trinajstić information content (AvgIpc) is 2.17. The Morgan fingerprint density at radius 1 is 1.27 bits per heavy atom. The lowest BCUT2D eigenvalue weighted by Crippen LogP contribution is -2.05. The molecule has 0 unspecified atom stereocenters. The van der Waals surface area contributed by atoms with E-state index in [4.69, 9.17) is 11.6 Å². The number of ether oxygens (including phenoxy) is 1. The Labute approximate surface area is 94.0 Å². The number of rotatable bonds is 2. The molecular weight excluding hydrogens is 216 g/mol. The Hall–Kier alpha value is -1.35. The van der Waals surface area contributed by atoms with E-state index in [1.54, 1.807) is 0 Å². The summed E-state index contributed by atoms with van der Waals surface area (Å²) in [6, 6.07) is 10.3. The number of aryl methyl sites for hydroxylation is 1. The maximum absolute atomic E-state index is 9.92. The van der Waals surface area contributed by atoms with Crippen molar-refractivity contribution in [2.45, 2.75) is 13.8 Å². The Balaban J connectivity index is 0.000000262. The molecule has 0 atom stereocenters. The third-order valence-electron chi connectivity index (χ3n) is 1.33. The summed E-state index contributed by atoms with van der Waals surface area (Å²) in [4.78, 5) is 19.8. The van der Waals surface area contributed by atoms with Crippen LogP contribution in [0.25, 0.3) is 0 Å². The first kappa shape index (κ1) is 13.7. The van der Waals surface area contributed by atoms with Gasteiger partial charge >= 0.3 is 5.97 Å². The smallest absolute Gasteiger partial charge is 0.303 e. The molecule has 0 saturated heterocycles. The van der Waals surface area contributed by atoms with Gasteiger partial charge in [0.25, 0.3) is 5.24 Å². The van der Waals surface area contributed by atoms with E-state index in [-0.39, 0.29) is 6.61 Å². The highest BCUT2D eigenvalue weighted by Gasteiger charge is 1.96. The zero-order valence-corrected chi connectivity index (χ0v) is 9.45. The summed E-state index contributed by atoms with van der Waals surface area (Å²) in [5, 5.41) is -0.666. The van der Waals surface area contributed by atoms with Crippen LogP contribution in [0.3, 0.4) is 0 Å². The Kier molecular flexibility index (Phi) is 7.28. The molecule has 15 heavy (non-hydrogen) atoms. The van der Waals surface area contributed by atoms with Crippen LogP contribution in [0, 0.1) is 6.92 Å². The van der Waals surface area contributed by atoms with Crippen molar-refractivity contribution in [1.29, 1.82) is 0 Å². The molecule has 1 aromatic rings. The average molecular weight is 229 g/mol. The Morgan fingerprint density at radius 2 is 1.80 bits per heavy atom. The Bertz CT molecular complexity index is 295. The minimum absolute atomic E-state index is 0.336. The summed E-state index contributed by atoms with van der Waals surface area (Å²) in [7, 11) is 0. The molecule has 0 aliphatic rings. The van der Waals surface area contributed by atoms with Crippen molar-refractivity contribution in [3.05, 3.63) is 35.9 Å². The highest BCUT2D eigenvalue weighted by molar-refractivity contribution is 6.64. The predicted octanol–water partition coefficient (Wildman–Crippen LogP) is 2.31. The highest BCUT2D eigenvalue weighted by Crippen LogP contribution is 1.92. The zero-order chi connectivity index (χ0) is 11.7. The molecule has 0 heterocycles. The second-order valence-corrected chi connectivity index (χ2v) is 3.21. The van der Waals surface area contributed by atoms with Gasteiger partial charge in [-0.1, -0.05) is 35.9 Å². The van der Waals surface area contributed by atoms with Gasteiger partial charge in [-0.2, -0.15) is 0 Å². The van der Waals surface area contributed by atoms with Crippen molar-refractivity contribution in [2.24, 2.45) is 0 Å². The summed E-state index contributed by atoms with van der Waals surface area (Å²) in [5.74, 6) is -0.501. The molecule has 0 aromatic heterocycles. The zero-order valence-electron chi connectivity index (χ0n) is 8.70. The van der Waals surface area contributed by atoms with Crippen LogP contribution in [0.4, 0.5) is 0 Å². The van der Waals surface area contributed by atoms with Crippen LogP contribution in [-0.4, -0.2) is 17.8 Å². The number of hydrogen-bond acceptors (Lipinski definition) is 3. The highest BCUT2D eigenvalue weighted by atomic mass is 35.5. The van der Waals surface area contributed by atoms with Crippen LogP contribution in [0.2, 0.25) is 0 Å². The van der Waals surface area contributed by atoms with Crippen molar-refractivity contribution in [3.63, 3.8) is 0 Å². The number of carbonyl (C=O) groups is 2. The quantitative estimate of drug-likeness (QED) is 0.576. The molecule has 0 amide bonds. The lowest BCUT2D eigenvalue weighted by molar-refractivity contribution is -0.143. The number of benzene rings is 1. The second kappa shape index (κ2) is 8.00. The molecule has 0 saturated carbocycles. The van der Waals surface area contributed by atoms with E-state index in [0.717, 1.165) is 0 Å². The summed E-state index contributed by atoms with van der Waals surface area (Å²) in [5.41, 5.74) is 1.32. The van der Waals surface area contributed by atoms with Gasteiger partial charge in [-0.3, -0.25) is 9.59 Å². The third-order valence-corrected chi connectivity index (χ3v) is 1.44. The predicted molar refractivity (Wildman–Crippen MR) is 58.7 cm³/mol. The molecule has 0 N–H and O–H groups in total. The largest absolute Gasteiger partial charge is 0.456 e. The van der Waals surface area contributed by atoms with Gasteiger partial charge in [0.15, 0.2) is 6.61 Å². The van der Waals surface area contributed by atoms with Crippen LogP contribution in [-0.2, 0) is 14.3 Å². The number of esters is 1. The maximum atomic E-state index is 9.92. The SMILES string of the molecule is CC(=O)OCC(=O)Cl.Cc1ccccc1. The van der Waals surface area contributed by atoms with Crippen molar-refractivity contribution in [3.8, 4) is 0 Å². The van der Waals surface area contributed by atoms with Gasteiger partial charge in [0.1, 0.15) is 0 Å². The van der Waals surface area contributed by atoms with Crippen LogP contribution < -0.4 is 0 Å². The molecule has 0 aliphatic carbocycles. The summed E-state index contributed by atoms with van der Waals surface area (Å²) < 4.78 is 4.18. The standard InChI is InChI=1S/C7H8.C4H5ClO3/c1-7-5-3-2-4-6-7;1-3(6)8-2-4(5)7/h2-6H,1H3;2H2,1H3. The monoisotopic (exact) mass is 228 g/mol. The number of hydrogen-bond donors (Lipinski definition) is 0. The molecule has 0 radical (unpaired) electrons. The third kappa shape index (κ3) is 10.6. The van der Waals surface area contributed by atoms with E-state index >= 15 is 0 Å². The van der Waals surface area contributed by atoms with Crippen molar-refractivity contribution in [1.82, 2.24) is 0 Å².